The molecule has 0 spiro atoms. The number of benzene rings is 1. The minimum atomic E-state index is -0.542. The van der Waals surface area contributed by atoms with Gasteiger partial charge in [-0.3, -0.25) is 0 Å². The van der Waals surface area contributed by atoms with E-state index in [1.54, 1.807) is 6.20 Å². The number of hydrogen-bond acceptors (Lipinski definition) is 3. The molecule has 0 fully saturated rings. The summed E-state index contributed by atoms with van der Waals surface area (Å²) < 4.78 is 5.14. The molecule has 0 aliphatic rings. The highest BCUT2D eigenvalue weighted by Crippen LogP contribution is 2.24. The molecular weight excluding hydrogens is 309 g/mol. The van der Waals surface area contributed by atoms with Gasteiger partial charge in [-0.05, 0) is 57.9 Å². The molecule has 0 radical (unpaired) electrons. The lowest BCUT2D eigenvalue weighted by atomic mass is 10.1. The van der Waals surface area contributed by atoms with Gasteiger partial charge in [0.1, 0.15) is 6.10 Å². The van der Waals surface area contributed by atoms with Gasteiger partial charge in [0, 0.05) is 9.77 Å². The number of halogens is 1. The smallest absolute Gasteiger partial charge is 0.115 e. The van der Waals surface area contributed by atoms with Gasteiger partial charge in [-0.2, -0.15) is 0 Å². The zero-order chi connectivity index (χ0) is 9.97. The number of nitrogens with zero attached hydrogens (tertiary/aromatic N) is 1. The van der Waals surface area contributed by atoms with E-state index in [0.717, 1.165) is 10.4 Å². The van der Waals surface area contributed by atoms with Crippen LogP contribution in [0.4, 0.5) is 0 Å². The molecule has 0 bridgehead atoms. The van der Waals surface area contributed by atoms with E-state index in [4.69, 9.17) is 0 Å². The van der Waals surface area contributed by atoms with Gasteiger partial charge in [0.15, 0.2) is 0 Å². The van der Waals surface area contributed by atoms with Crippen molar-refractivity contribution in [3.05, 3.63) is 50.5 Å². The maximum absolute atomic E-state index is 9.94. The van der Waals surface area contributed by atoms with Gasteiger partial charge in [0.2, 0.25) is 0 Å². The van der Waals surface area contributed by atoms with Crippen LogP contribution in [0.25, 0.3) is 0 Å². The summed E-state index contributed by atoms with van der Waals surface area (Å²) in [6.07, 6.45) is 1.16. The first kappa shape index (κ1) is 10.1. The van der Waals surface area contributed by atoms with Gasteiger partial charge in [0.25, 0.3) is 0 Å². The number of aromatic nitrogens is 1. The Labute approximate surface area is 99.9 Å². The first-order chi connectivity index (χ1) is 6.77. The lowest BCUT2D eigenvalue weighted by molar-refractivity contribution is 0.224. The highest BCUT2D eigenvalue weighted by atomic mass is 127. The van der Waals surface area contributed by atoms with Crippen molar-refractivity contribution in [1.82, 2.24) is 4.37 Å². The molecule has 1 atom stereocenters. The second-order valence-corrected chi connectivity index (χ2v) is 4.98. The molecule has 1 unspecified atom stereocenters. The second kappa shape index (κ2) is 4.37. The molecule has 1 aromatic carbocycles. The minimum absolute atomic E-state index is 0.542. The van der Waals surface area contributed by atoms with Crippen LogP contribution in [0.3, 0.4) is 0 Å². The molecule has 2 rings (SSSR count). The van der Waals surface area contributed by atoms with Crippen LogP contribution in [0.2, 0.25) is 0 Å². The molecular formula is C10H8INOS. The number of hydrogen-bond donors (Lipinski definition) is 1. The molecule has 0 saturated heterocycles. The maximum Gasteiger partial charge on any atom is 0.115 e. The van der Waals surface area contributed by atoms with E-state index in [0.29, 0.717) is 0 Å². The monoisotopic (exact) mass is 317 g/mol. The highest BCUT2D eigenvalue weighted by molar-refractivity contribution is 14.1. The van der Waals surface area contributed by atoms with Crippen LogP contribution in [0.5, 0.6) is 0 Å². The average Bonchev–Trinajstić information content (AvgIpc) is 2.71. The van der Waals surface area contributed by atoms with Crippen molar-refractivity contribution >= 4 is 34.1 Å². The fourth-order valence-electron chi connectivity index (χ4n) is 1.18. The molecule has 0 aliphatic heterocycles. The maximum atomic E-state index is 9.94. The van der Waals surface area contributed by atoms with Gasteiger partial charge in [-0.15, -0.1) is 0 Å². The van der Waals surface area contributed by atoms with Crippen LogP contribution >= 0.6 is 34.1 Å². The van der Waals surface area contributed by atoms with E-state index >= 15 is 0 Å². The number of aliphatic hydroxyl groups excluding tert-OH is 1. The molecule has 0 aliphatic carbocycles. The summed E-state index contributed by atoms with van der Waals surface area (Å²) in [5.74, 6) is 0. The van der Waals surface area contributed by atoms with Crippen LogP contribution in [0, 0.1) is 3.57 Å². The standard InChI is InChI=1S/C10H8INOS/c11-8-3-1-7(2-4-8)10(13)9-5-6-12-14-9/h1-6,10,13H. The van der Waals surface area contributed by atoms with Crippen LogP contribution in [-0.2, 0) is 0 Å². The lowest BCUT2D eigenvalue weighted by Gasteiger charge is -2.07. The molecule has 72 valence electrons. The molecule has 1 aromatic heterocycles. The Morgan fingerprint density at radius 3 is 2.50 bits per heavy atom. The Kier molecular flexibility index (Phi) is 3.15. The van der Waals surface area contributed by atoms with E-state index in [2.05, 4.69) is 27.0 Å². The van der Waals surface area contributed by atoms with Gasteiger partial charge < -0.3 is 5.11 Å². The third-order valence-corrected chi connectivity index (χ3v) is 3.43. The highest BCUT2D eigenvalue weighted by Gasteiger charge is 2.11. The van der Waals surface area contributed by atoms with Gasteiger partial charge in [-0.25, -0.2) is 4.37 Å². The first-order valence-corrected chi connectivity index (χ1v) is 5.96. The van der Waals surface area contributed by atoms with Crippen LogP contribution in [0.1, 0.15) is 16.5 Å². The van der Waals surface area contributed by atoms with Crippen molar-refractivity contribution in [2.24, 2.45) is 0 Å². The van der Waals surface area contributed by atoms with Crippen molar-refractivity contribution in [1.29, 1.82) is 0 Å². The Hall–Kier alpha value is -0.460. The van der Waals surface area contributed by atoms with E-state index in [9.17, 15) is 5.11 Å². The molecule has 0 amide bonds. The summed E-state index contributed by atoms with van der Waals surface area (Å²) in [4.78, 5) is 0.881. The summed E-state index contributed by atoms with van der Waals surface area (Å²) in [5, 5.41) is 9.94. The topological polar surface area (TPSA) is 33.1 Å². The number of aliphatic hydroxyl groups is 1. The van der Waals surface area contributed by atoms with Crippen molar-refractivity contribution in [3.8, 4) is 0 Å². The van der Waals surface area contributed by atoms with Crippen molar-refractivity contribution in [2.75, 3.05) is 0 Å². The Bertz CT molecular complexity index is 399. The zero-order valence-corrected chi connectivity index (χ0v) is 10.2. The summed E-state index contributed by atoms with van der Waals surface area (Å²) >= 11 is 3.57. The van der Waals surface area contributed by atoms with Crippen LogP contribution < -0.4 is 0 Å². The quantitative estimate of drug-likeness (QED) is 0.864. The van der Waals surface area contributed by atoms with Gasteiger partial charge in [0.05, 0.1) is 4.88 Å². The molecule has 2 aromatic rings. The molecule has 0 saturated carbocycles. The fourth-order valence-corrected chi connectivity index (χ4v) is 2.14. The van der Waals surface area contributed by atoms with Crippen LogP contribution in [-0.4, -0.2) is 9.48 Å². The lowest BCUT2D eigenvalue weighted by Crippen LogP contribution is -1.96. The molecule has 2 nitrogen and oxygen atoms in total. The van der Waals surface area contributed by atoms with E-state index < -0.39 is 6.10 Å². The van der Waals surface area contributed by atoms with Gasteiger partial charge >= 0.3 is 0 Å². The summed E-state index contributed by atoms with van der Waals surface area (Å²) in [6, 6.07) is 9.69. The molecule has 1 N–H and O–H groups in total. The summed E-state index contributed by atoms with van der Waals surface area (Å²) in [7, 11) is 0. The third kappa shape index (κ3) is 2.13. The Balaban J connectivity index is 2.28. The minimum Gasteiger partial charge on any atom is -0.383 e. The van der Waals surface area contributed by atoms with Crippen molar-refractivity contribution in [2.45, 2.75) is 6.10 Å². The van der Waals surface area contributed by atoms with E-state index in [-0.39, 0.29) is 0 Å². The normalized spacial score (nSPS) is 12.7. The second-order valence-electron chi connectivity index (χ2n) is 2.87. The van der Waals surface area contributed by atoms with Gasteiger partial charge in [-0.1, -0.05) is 12.1 Å². The zero-order valence-electron chi connectivity index (χ0n) is 7.22. The number of rotatable bonds is 2. The average molecular weight is 317 g/mol. The van der Waals surface area contributed by atoms with Crippen LogP contribution in [0.15, 0.2) is 36.5 Å². The molecule has 4 heteroatoms. The van der Waals surface area contributed by atoms with E-state index in [1.165, 1.54) is 15.1 Å². The van der Waals surface area contributed by atoms with E-state index in [1.807, 2.05) is 30.3 Å². The van der Waals surface area contributed by atoms with Crippen molar-refractivity contribution < 1.29 is 5.11 Å². The summed E-state index contributed by atoms with van der Waals surface area (Å²) in [6.45, 7) is 0. The molecule has 1 heterocycles. The SMILES string of the molecule is OC(c1ccc(I)cc1)c1ccns1. The van der Waals surface area contributed by atoms with Crippen molar-refractivity contribution in [3.63, 3.8) is 0 Å². The summed E-state index contributed by atoms with van der Waals surface area (Å²) in [5.41, 5.74) is 0.912. The predicted octanol–water partition coefficient (Wildman–Crippen LogP) is 2.83. The first-order valence-electron chi connectivity index (χ1n) is 4.11. The third-order valence-electron chi connectivity index (χ3n) is 1.91. The largest absolute Gasteiger partial charge is 0.383 e. The Morgan fingerprint density at radius 1 is 1.21 bits per heavy atom. The fraction of sp³-hybridized carbons (Fsp3) is 0.100. The Morgan fingerprint density at radius 2 is 1.93 bits per heavy atom. The predicted molar refractivity (Wildman–Crippen MR) is 65.3 cm³/mol. The molecule has 14 heavy (non-hydrogen) atoms.